The minimum atomic E-state index is 0.283. The summed E-state index contributed by atoms with van der Waals surface area (Å²) in [5.74, 6) is 1.15. The van der Waals surface area contributed by atoms with E-state index in [1.54, 1.807) is 6.33 Å². The number of nitrogen functional groups attached to an aromatic ring is 1. The van der Waals surface area contributed by atoms with Gasteiger partial charge in [0.25, 0.3) is 0 Å². The first-order valence-corrected chi connectivity index (χ1v) is 6.72. The lowest BCUT2D eigenvalue weighted by Gasteiger charge is -2.35. The van der Waals surface area contributed by atoms with Crippen molar-refractivity contribution in [1.82, 2.24) is 24.8 Å². The molecule has 3 N–H and O–H groups in total. The maximum atomic E-state index is 5.75. The molecule has 0 aromatic carbocycles. The average Bonchev–Trinajstić information content (AvgIpc) is 2.87. The molecule has 1 aliphatic rings. The summed E-state index contributed by atoms with van der Waals surface area (Å²) in [4.78, 5) is 20.5. The van der Waals surface area contributed by atoms with Crippen molar-refractivity contribution in [3.8, 4) is 0 Å². The number of aromatic nitrogens is 4. The largest absolute Gasteiger partial charge is 0.368 e. The molecule has 2 aromatic rings. The molecule has 1 saturated heterocycles. The first-order chi connectivity index (χ1) is 9.28. The van der Waals surface area contributed by atoms with Gasteiger partial charge in [-0.05, 0) is 13.0 Å². The lowest BCUT2D eigenvalue weighted by atomic mass is 10.3. The van der Waals surface area contributed by atoms with E-state index in [0.29, 0.717) is 5.65 Å². The molecule has 1 fully saturated rings. The summed E-state index contributed by atoms with van der Waals surface area (Å²) in [5.41, 5.74) is 7.26. The number of piperazine rings is 1. The number of nitrogens with two attached hydrogens (primary N) is 1. The molecule has 7 nitrogen and oxygen atoms in total. The molecule has 0 atom stereocenters. The van der Waals surface area contributed by atoms with E-state index in [0.717, 1.165) is 37.5 Å². The molecule has 0 unspecified atom stereocenters. The normalized spacial score (nSPS) is 17.2. The van der Waals surface area contributed by atoms with E-state index in [1.807, 2.05) is 0 Å². The van der Waals surface area contributed by atoms with Crippen LogP contribution >= 0.6 is 0 Å². The number of imidazole rings is 1. The summed E-state index contributed by atoms with van der Waals surface area (Å²) < 4.78 is 0. The summed E-state index contributed by atoms with van der Waals surface area (Å²) in [6.07, 6.45) is 2.83. The van der Waals surface area contributed by atoms with E-state index < -0.39 is 0 Å². The summed E-state index contributed by atoms with van der Waals surface area (Å²) in [6, 6.07) is 0. The van der Waals surface area contributed by atoms with Crippen LogP contribution in [0.1, 0.15) is 13.3 Å². The number of hydrogen-bond donors (Lipinski definition) is 2. The van der Waals surface area contributed by atoms with Crippen LogP contribution in [0.25, 0.3) is 11.2 Å². The zero-order valence-corrected chi connectivity index (χ0v) is 11.1. The molecule has 0 radical (unpaired) electrons. The highest BCUT2D eigenvalue weighted by Gasteiger charge is 2.20. The minimum Gasteiger partial charge on any atom is -0.368 e. The molecule has 2 aromatic heterocycles. The van der Waals surface area contributed by atoms with Gasteiger partial charge < -0.3 is 15.6 Å². The molecule has 0 amide bonds. The van der Waals surface area contributed by atoms with Crippen molar-refractivity contribution < 1.29 is 0 Å². The van der Waals surface area contributed by atoms with Gasteiger partial charge in [-0.25, -0.2) is 4.98 Å². The predicted molar refractivity (Wildman–Crippen MR) is 75.0 cm³/mol. The molecule has 19 heavy (non-hydrogen) atoms. The quantitative estimate of drug-likeness (QED) is 0.835. The molecular weight excluding hydrogens is 242 g/mol. The van der Waals surface area contributed by atoms with Crippen LogP contribution in [0.15, 0.2) is 6.33 Å². The zero-order chi connectivity index (χ0) is 13.2. The van der Waals surface area contributed by atoms with Gasteiger partial charge >= 0.3 is 0 Å². The average molecular weight is 261 g/mol. The van der Waals surface area contributed by atoms with E-state index in [2.05, 4.69) is 36.7 Å². The number of H-pyrrole nitrogens is 1. The maximum Gasteiger partial charge on any atom is 0.224 e. The molecule has 0 saturated carbocycles. The number of hydrogen-bond acceptors (Lipinski definition) is 6. The third-order valence-corrected chi connectivity index (χ3v) is 3.50. The van der Waals surface area contributed by atoms with Crippen LogP contribution in [0.2, 0.25) is 0 Å². The molecule has 3 heterocycles. The Balaban J connectivity index is 1.83. The first kappa shape index (κ1) is 12.2. The Morgan fingerprint density at radius 1 is 1.26 bits per heavy atom. The fourth-order valence-electron chi connectivity index (χ4n) is 2.56. The van der Waals surface area contributed by atoms with Crippen molar-refractivity contribution in [2.75, 3.05) is 43.4 Å². The van der Waals surface area contributed by atoms with E-state index in [1.165, 1.54) is 13.0 Å². The van der Waals surface area contributed by atoms with Crippen LogP contribution in [-0.4, -0.2) is 57.6 Å². The predicted octanol–water partition coefficient (Wildman–Crippen LogP) is 0.467. The second-order valence-corrected chi connectivity index (χ2v) is 4.84. The third kappa shape index (κ3) is 2.33. The number of fused-ring (bicyclic) bond motifs is 1. The van der Waals surface area contributed by atoms with Crippen LogP contribution in [0.3, 0.4) is 0 Å². The Hall–Kier alpha value is -1.89. The topological polar surface area (TPSA) is 87.0 Å². The Labute approximate surface area is 111 Å². The Bertz CT molecular complexity index is 556. The molecule has 102 valence electrons. The highest BCUT2D eigenvalue weighted by atomic mass is 15.3. The Morgan fingerprint density at radius 3 is 2.79 bits per heavy atom. The number of nitrogens with zero attached hydrogens (tertiary/aromatic N) is 5. The number of nitrogens with one attached hydrogen (secondary N) is 1. The molecule has 1 aliphatic heterocycles. The summed E-state index contributed by atoms with van der Waals surface area (Å²) in [7, 11) is 0. The molecule has 0 bridgehead atoms. The van der Waals surface area contributed by atoms with Gasteiger partial charge in [-0.1, -0.05) is 6.92 Å². The molecular formula is C12H19N7. The van der Waals surface area contributed by atoms with Gasteiger partial charge in [-0.3, -0.25) is 4.90 Å². The monoisotopic (exact) mass is 261 g/mol. The summed E-state index contributed by atoms with van der Waals surface area (Å²) >= 11 is 0. The minimum absolute atomic E-state index is 0.283. The standard InChI is InChI=1S/C12H19N7/c1-2-3-18-4-6-19(7-5-18)11-9-10(15-8-14-9)16-12(13)17-11/h8H,2-7H2,1H3,(H3,13,14,15,16,17). The lowest BCUT2D eigenvalue weighted by molar-refractivity contribution is 0.258. The number of anilines is 2. The van der Waals surface area contributed by atoms with E-state index >= 15 is 0 Å². The van der Waals surface area contributed by atoms with Gasteiger partial charge in [0.2, 0.25) is 5.95 Å². The molecule has 7 heteroatoms. The van der Waals surface area contributed by atoms with Crippen molar-refractivity contribution in [3.63, 3.8) is 0 Å². The fourth-order valence-corrected chi connectivity index (χ4v) is 2.56. The molecule has 0 aliphatic carbocycles. The second kappa shape index (κ2) is 5.00. The van der Waals surface area contributed by atoms with Crippen LogP contribution < -0.4 is 10.6 Å². The van der Waals surface area contributed by atoms with E-state index in [-0.39, 0.29) is 5.95 Å². The Morgan fingerprint density at radius 2 is 2.05 bits per heavy atom. The summed E-state index contributed by atoms with van der Waals surface area (Å²) in [5, 5.41) is 0. The fraction of sp³-hybridized carbons (Fsp3) is 0.583. The highest BCUT2D eigenvalue weighted by molar-refractivity contribution is 5.84. The van der Waals surface area contributed by atoms with Gasteiger partial charge in [-0.2, -0.15) is 9.97 Å². The highest BCUT2D eigenvalue weighted by Crippen LogP contribution is 2.22. The van der Waals surface area contributed by atoms with Crippen molar-refractivity contribution >= 4 is 22.9 Å². The SMILES string of the molecule is CCCN1CCN(c2nc(N)nc3nc[nH]c23)CC1. The van der Waals surface area contributed by atoms with Gasteiger partial charge in [0.15, 0.2) is 11.5 Å². The van der Waals surface area contributed by atoms with Crippen LogP contribution in [0.4, 0.5) is 11.8 Å². The van der Waals surface area contributed by atoms with Gasteiger partial charge in [0.1, 0.15) is 5.52 Å². The smallest absolute Gasteiger partial charge is 0.224 e. The van der Waals surface area contributed by atoms with E-state index in [9.17, 15) is 0 Å². The van der Waals surface area contributed by atoms with Gasteiger partial charge in [-0.15, -0.1) is 0 Å². The van der Waals surface area contributed by atoms with Crippen LogP contribution in [-0.2, 0) is 0 Å². The van der Waals surface area contributed by atoms with Crippen LogP contribution in [0.5, 0.6) is 0 Å². The molecule has 3 rings (SSSR count). The second-order valence-electron chi connectivity index (χ2n) is 4.84. The van der Waals surface area contributed by atoms with Gasteiger partial charge in [0, 0.05) is 26.2 Å². The van der Waals surface area contributed by atoms with Crippen molar-refractivity contribution in [2.24, 2.45) is 0 Å². The molecule has 0 spiro atoms. The van der Waals surface area contributed by atoms with Gasteiger partial charge in [0.05, 0.1) is 6.33 Å². The number of rotatable bonds is 3. The van der Waals surface area contributed by atoms with Crippen LogP contribution in [0, 0.1) is 0 Å². The summed E-state index contributed by atoms with van der Waals surface area (Å²) in [6.45, 7) is 7.43. The zero-order valence-electron chi connectivity index (χ0n) is 11.1. The Kier molecular flexibility index (Phi) is 3.20. The maximum absolute atomic E-state index is 5.75. The van der Waals surface area contributed by atoms with E-state index in [4.69, 9.17) is 5.73 Å². The van der Waals surface area contributed by atoms with Crippen molar-refractivity contribution in [1.29, 1.82) is 0 Å². The van der Waals surface area contributed by atoms with Crippen molar-refractivity contribution in [3.05, 3.63) is 6.33 Å². The number of aromatic amines is 1. The third-order valence-electron chi connectivity index (χ3n) is 3.50. The van der Waals surface area contributed by atoms with Crippen molar-refractivity contribution in [2.45, 2.75) is 13.3 Å². The first-order valence-electron chi connectivity index (χ1n) is 6.72. The lowest BCUT2D eigenvalue weighted by Crippen LogP contribution is -2.47.